The molecule has 1 N–H and O–H groups in total. The molecule has 1 fully saturated rings. The Morgan fingerprint density at radius 3 is 2.48 bits per heavy atom. The highest BCUT2D eigenvalue weighted by molar-refractivity contribution is 5.92. The van der Waals surface area contributed by atoms with Crippen LogP contribution in [-0.2, 0) is 4.79 Å². The lowest BCUT2D eigenvalue weighted by atomic mass is 9.90. The van der Waals surface area contributed by atoms with Gasteiger partial charge in [0.05, 0.1) is 26.5 Å². The molecule has 3 rings (SSSR count). The van der Waals surface area contributed by atoms with Gasteiger partial charge in [-0.1, -0.05) is 18.2 Å². The first kappa shape index (κ1) is 19.1. The second kappa shape index (κ2) is 8.80. The van der Waals surface area contributed by atoms with Gasteiger partial charge in [-0.2, -0.15) is 0 Å². The summed E-state index contributed by atoms with van der Waals surface area (Å²) in [5, 5.41) is 3.01. The highest BCUT2D eigenvalue weighted by Crippen LogP contribution is 2.46. The van der Waals surface area contributed by atoms with Crippen LogP contribution in [0.3, 0.4) is 0 Å². The molecule has 5 heteroatoms. The van der Waals surface area contributed by atoms with E-state index in [9.17, 15) is 4.79 Å². The van der Waals surface area contributed by atoms with E-state index >= 15 is 0 Å². The number of hydrogen-bond donors (Lipinski definition) is 1. The first-order valence-electron chi connectivity index (χ1n) is 9.39. The Morgan fingerprint density at radius 1 is 1.07 bits per heavy atom. The predicted octanol–water partition coefficient (Wildman–Crippen LogP) is 4.62. The minimum absolute atomic E-state index is 0.00571. The zero-order valence-corrected chi connectivity index (χ0v) is 16.2. The monoisotopic (exact) mass is 369 g/mol. The van der Waals surface area contributed by atoms with Gasteiger partial charge in [0.1, 0.15) is 5.75 Å². The molecule has 1 unspecified atom stereocenters. The number of anilines is 1. The number of ether oxygens (including phenoxy) is 3. The summed E-state index contributed by atoms with van der Waals surface area (Å²) in [6.45, 7) is 2.49. The molecular formula is C22H27NO4. The third kappa shape index (κ3) is 4.73. The van der Waals surface area contributed by atoms with Gasteiger partial charge >= 0.3 is 0 Å². The largest absolute Gasteiger partial charge is 0.493 e. The second-order valence-electron chi connectivity index (χ2n) is 6.74. The summed E-state index contributed by atoms with van der Waals surface area (Å²) in [5.41, 5.74) is 1.83. The number of carbonyl (C=O) groups excluding carboxylic acids is 1. The molecule has 27 heavy (non-hydrogen) atoms. The smallest absolute Gasteiger partial charge is 0.225 e. The lowest BCUT2D eigenvalue weighted by Gasteiger charge is -2.19. The molecule has 1 atom stereocenters. The molecule has 1 amide bonds. The van der Waals surface area contributed by atoms with Crippen molar-refractivity contribution >= 4 is 11.6 Å². The molecular weight excluding hydrogens is 342 g/mol. The van der Waals surface area contributed by atoms with Crippen LogP contribution in [0.25, 0.3) is 0 Å². The quantitative estimate of drug-likeness (QED) is 0.700. The Bertz CT molecular complexity index is 786. The van der Waals surface area contributed by atoms with Gasteiger partial charge in [-0.05, 0) is 61.4 Å². The predicted molar refractivity (Wildman–Crippen MR) is 106 cm³/mol. The minimum atomic E-state index is -0.00571. The fourth-order valence-electron chi connectivity index (χ4n) is 3.39. The topological polar surface area (TPSA) is 56.8 Å². The highest BCUT2D eigenvalue weighted by atomic mass is 16.5. The summed E-state index contributed by atoms with van der Waals surface area (Å²) >= 11 is 0. The van der Waals surface area contributed by atoms with Crippen molar-refractivity contribution in [3.05, 3.63) is 48.0 Å². The SMILES string of the molecule is CCOc1ccccc1NC(=O)CC(c1ccc(OC)c(OC)c1)C1CC1. The first-order chi connectivity index (χ1) is 13.2. The summed E-state index contributed by atoms with van der Waals surface area (Å²) in [5.74, 6) is 2.80. The number of methoxy groups -OCH3 is 2. The maximum Gasteiger partial charge on any atom is 0.225 e. The van der Waals surface area contributed by atoms with Gasteiger partial charge < -0.3 is 19.5 Å². The standard InChI is InChI=1S/C22H27NO4/c1-4-27-19-8-6-5-7-18(19)23-22(24)14-17(15-9-10-15)16-11-12-20(25-2)21(13-16)26-3/h5-8,11-13,15,17H,4,9-10,14H2,1-3H3,(H,23,24). The molecule has 1 aliphatic rings. The van der Waals surface area contributed by atoms with Crippen LogP contribution < -0.4 is 19.5 Å². The molecule has 0 spiro atoms. The molecule has 1 aliphatic carbocycles. The number of hydrogen-bond acceptors (Lipinski definition) is 4. The van der Waals surface area contributed by atoms with Crippen LogP contribution in [0.5, 0.6) is 17.2 Å². The Morgan fingerprint density at radius 2 is 1.81 bits per heavy atom. The van der Waals surface area contributed by atoms with Crippen LogP contribution in [0.1, 0.15) is 37.7 Å². The number of carbonyl (C=O) groups is 1. The number of amides is 1. The van der Waals surface area contributed by atoms with Gasteiger partial charge in [0, 0.05) is 6.42 Å². The van der Waals surface area contributed by atoms with Crippen LogP contribution in [0.4, 0.5) is 5.69 Å². The van der Waals surface area contributed by atoms with E-state index in [-0.39, 0.29) is 11.8 Å². The van der Waals surface area contributed by atoms with Crippen molar-refractivity contribution in [2.75, 3.05) is 26.1 Å². The van der Waals surface area contributed by atoms with Crippen LogP contribution >= 0.6 is 0 Å². The van der Waals surface area contributed by atoms with E-state index in [2.05, 4.69) is 5.32 Å². The number of para-hydroxylation sites is 2. The third-order valence-electron chi connectivity index (χ3n) is 4.89. The lowest BCUT2D eigenvalue weighted by Crippen LogP contribution is -2.17. The molecule has 0 bridgehead atoms. The summed E-state index contributed by atoms with van der Waals surface area (Å²) in [6, 6.07) is 13.5. The zero-order chi connectivity index (χ0) is 19.2. The van der Waals surface area contributed by atoms with Crippen molar-refractivity contribution in [1.29, 1.82) is 0 Å². The Labute approximate surface area is 160 Å². The van der Waals surface area contributed by atoms with Gasteiger partial charge in [0.15, 0.2) is 11.5 Å². The van der Waals surface area contributed by atoms with E-state index in [0.29, 0.717) is 41.9 Å². The maximum absolute atomic E-state index is 12.7. The average Bonchev–Trinajstić information content (AvgIpc) is 3.52. The molecule has 0 heterocycles. The van der Waals surface area contributed by atoms with Crippen molar-refractivity contribution in [2.45, 2.75) is 32.1 Å². The van der Waals surface area contributed by atoms with E-state index in [0.717, 1.165) is 18.4 Å². The Kier molecular flexibility index (Phi) is 6.22. The molecule has 0 aromatic heterocycles. The van der Waals surface area contributed by atoms with Gasteiger partial charge in [-0.25, -0.2) is 0 Å². The van der Waals surface area contributed by atoms with E-state index in [4.69, 9.17) is 14.2 Å². The minimum Gasteiger partial charge on any atom is -0.493 e. The summed E-state index contributed by atoms with van der Waals surface area (Å²) in [4.78, 5) is 12.7. The van der Waals surface area contributed by atoms with E-state index < -0.39 is 0 Å². The average molecular weight is 369 g/mol. The van der Waals surface area contributed by atoms with Gasteiger partial charge in [-0.15, -0.1) is 0 Å². The van der Waals surface area contributed by atoms with E-state index in [1.54, 1.807) is 14.2 Å². The van der Waals surface area contributed by atoms with Gasteiger partial charge in [0.25, 0.3) is 0 Å². The zero-order valence-electron chi connectivity index (χ0n) is 16.2. The van der Waals surface area contributed by atoms with Gasteiger partial charge in [-0.3, -0.25) is 4.79 Å². The lowest BCUT2D eigenvalue weighted by molar-refractivity contribution is -0.116. The number of rotatable bonds is 9. The molecule has 144 valence electrons. The third-order valence-corrected chi connectivity index (χ3v) is 4.89. The molecule has 0 aliphatic heterocycles. The van der Waals surface area contributed by atoms with E-state index in [1.807, 2.05) is 49.4 Å². The Balaban J connectivity index is 1.75. The maximum atomic E-state index is 12.7. The molecule has 0 radical (unpaired) electrons. The summed E-state index contributed by atoms with van der Waals surface area (Å²) < 4.78 is 16.4. The molecule has 5 nitrogen and oxygen atoms in total. The van der Waals surface area contributed by atoms with Crippen molar-refractivity contribution < 1.29 is 19.0 Å². The number of nitrogens with one attached hydrogen (secondary N) is 1. The van der Waals surface area contributed by atoms with Crippen molar-refractivity contribution in [2.24, 2.45) is 5.92 Å². The van der Waals surface area contributed by atoms with Crippen LogP contribution in [-0.4, -0.2) is 26.7 Å². The highest BCUT2D eigenvalue weighted by Gasteiger charge is 2.34. The molecule has 2 aromatic rings. The van der Waals surface area contributed by atoms with Crippen molar-refractivity contribution in [3.8, 4) is 17.2 Å². The molecule has 1 saturated carbocycles. The van der Waals surface area contributed by atoms with Crippen molar-refractivity contribution in [3.63, 3.8) is 0 Å². The summed E-state index contributed by atoms with van der Waals surface area (Å²) in [6.07, 6.45) is 2.74. The van der Waals surface area contributed by atoms with Crippen molar-refractivity contribution in [1.82, 2.24) is 0 Å². The van der Waals surface area contributed by atoms with Gasteiger partial charge in [0.2, 0.25) is 5.91 Å². The molecule has 0 saturated heterocycles. The fourth-order valence-corrected chi connectivity index (χ4v) is 3.39. The first-order valence-corrected chi connectivity index (χ1v) is 9.39. The number of benzene rings is 2. The fraction of sp³-hybridized carbons (Fsp3) is 0.409. The van der Waals surface area contributed by atoms with E-state index in [1.165, 1.54) is 0 Å². The van der Waals surface area contributed by atoms with Crippen LogP contribution in [0, 0.1) is 5.92 Å². The second-order valence-corrected chi connectivity index (χ2v) is 6.74. The molecule has 2 aromatic carbocycles. The van der Waals surface area contributed by atoms with Crippen LogP contribution in [0.2, 0.25) is 0 Å². The Hall–Kier alpha value is -2.69. The summed E-state index contributed by atoms with van der Waals surface area (Å²) in [7, 11) is 3.25. The normalized spacial score (nSPS) is 14.3. The van der Waals surface area contributed by atoms with Crippen LogP contribution in [0.15, 0.2) is 42.5 Å².